The van der Waals surface area contributed by atoms with Crippen molar-refractivity contribution in [2.24, 2.45) is 11.7 Å². The van der Waals surface area contributed by atoms with Crippen molar-refractivity contribution in [2.45, 2.75) is 51.7 Å². The van der Waals surface area contributed by atoms with E-state index < -0.39 is 23.0 Å². The smallest absolute Gasteiger partial charge is 0.336 e. The average molecular weight is 242 g/mol. The third-order valence-electron chi connectivity index (χ3n) is 2.89. The Kier molecular flexibility index (Phi) is 3.81. The number of nitrogens with one attached hydrogen (secondary N) is 1. The van der Waals surface area contributed by atoms with E-state index >= 15 is 0 Å². The largest absolute Gasteiger partial charge is 0.458 e. The lowest BCUT2D eigenvalue weighted by Crippen LogP contribution is -2.65. The first kappa shape index (κ1) is 14.0. The molecule has 0 radical (unpaired) electrons. The SMILES string of the molecule is CC1CCN[C@](C(N)=O)(C(=O)OC(C)(C)C)C1. The molecule has 1 amide bonds. The van der Waals surface area contributed by atoms with Crippen LogP contribution < -0.4 is 11.1 Å². The highest BCUT2D eigenvalue weighted by Gasteiger charge is 2.49. The van der Waals surface area contributed by atoms with E-state index in [1.807, 2.05) is 6.92 Å². The molecule has 1 unspecified atom stereocenters. The van der Waals surface area contributed by atoms with Gasteiger partial charge in [-0.1, -0.05) is 6.92 Å². The minimum atomic E-state index is -1.36. The molecule has 1 saturated heterocycles. The molecular weight excluding hydrogens is 220 g/mol. The fourth-order valence-electron chi connectivity index (χ4n) is 2.04. The number of esters is 1. The fraction of sp³-hybridized carbons (Fsp3) is 0.833. The summed E-state index contributed by atoms with van der Waals surface area (Å²) in [5, 5.41) is 2.94. The molecule has 1 rings (SSSR count). The summed E-state index contributed by atoms with van der Waals surface area (Å²) in [5.41, 5.74) is 3.40. The molecule has 98 valence electrons. The summed E-state index contributed by atoms with van der Waals surface area (Å²) in [7, 11) is 0. The maximum atomic E-state index is 12.1. The monoisotopic (exact) mass is 242 g/mol. The Balaban J connectivity index is 2.92. The number of hydrogen-bond acceptors (Lipinski definition) is 4. The number of primary amides is 1. The zero-order valence-corrected chi connectivity index (χ0v) is 11.0. The van der Waals surface area contributed by atoms with Crippen molar-refractivity contribution >= 4 is 11.9 Å². The van der Waals surface area contributed by atoms with Gasteiger partial charge in [-0.25, -0.2) is 4.79 Å². The van der Waals surface area contributed by atoms with Crippen LogP contribution in [-0.4, -0.2) is 29.6 Å². The first-order chi connectivity index (χ1) is 7.67. The molecule has 3 N–H and O–H groups in total. The quantitative estimate of drug-likeness (QED) is 0.548. The molecule has 2 atom stereocenters. The van der Waals surface area contributed by atoms with Crippen LogP contribution in [-0.2, 0) is 14.3 Å². The Morgan fingerprint density at radius 3 is 2.41 bits per heavy atom. The van der Waals surface area contributed by atoms with Crippen LogP contribution in [0, 0.1) is 5.92 Å². The molecule has 0 aromatic rings. The van der Waals surface area contributed by atoms with Gasteiger partial charge in [-0.05, 0) is 46.1 Å². The van der Waals surface area contributed by atoms with E-state index in [1.165, 1.54) is 0 Å². The predicted molar refractivity (Wildman–Crippen MR) is 64.2 cm³/mol. The van der Waals surface area contributed by atoms with E-state index in [0.29, 0.717) is 13.0 Å². The lowest BCUT2D eigenvalue weighted by molar-refractivity contribution is -0.167. The van der Waals surface area contributed by atoms with Crippen molar-refractivity contribution in [2.75, 3.05) is 6.54 Å². The number of piperidine rings is 1. The molecule has 5 heteroatoms. The maximum Gasteiger partial charge on any atom is 0.336 e. The van der Waals surface area contributed by atoms with Crippen molar-refractivity contribution in [1.82, 2.24) is 5.32 Å². The molecule has 1 fully saturated rings. The second-order valence-electron chi connectivity index (χ2n) is 5.80. The Hall–Kier alpha value is -1.10. The van der Waals surface area contributed by atoms with Crippen molar-refractivity contribution in [3.8, 4) is 0 Å². The third kappa shape index (κ3) is 3.19. The second-order valence-corrected chi connectivity index (χ2v) is 5.80. The van der Waals surface area contributed by atoms with Gasteiger partial charge in [-0.2, -0.15) is 0 Å². The van der Waals surface area contributed by atoms with Crippen molar-refractivity contribution in [3.63, 3.8) is 0 Å². The summed E-state index contributed by atoms with van der Waals surface area (Å²) in [6.07, 6.45) is 1.33. The highest BCUT2D eigenvalue weighted by Crippen LogP contribution is 2.27. The van der Waals surface area contributed by atoms with Crippen LogP contribution in [0.3, 0.4) is 0 Å². The van der Waals surface area contributed by atoms with Gasteiger partial charge in [0.25, 0.3) is 0 Å². The standard InChI is InChI=1S/C12H22N2O3/c1-8-5-6-14-12(7-8,9(13)15)10(16)17-11(2,3)4/h8,14H,5-7H2,1-4H3,(H2,13,15)/t8?,12-/m1/s1. The van der Waals surface area contributed by atoms with Crippen molar-refractivity contribution in [3.05, 3.63) is 0 Å². The summed E-state index contributed by atoms with van der Waals surface area (Å²) in [6.45, 7) is 7.91. The lowest BCUT2D eigenvalue weighted by Gasteiger charge is -2.38. The van der Waals surface area contributed by atoms with Crippen LogP contribution in [0.15, 0.2) is 0 Å². The van der Waals surface area contributed by atoms with Crippen LogP contribution >= 0.6 is 0 Å². The van der Waals surface area contributed by atoms with Gasteiger partial charge < -0.3 is 10.5 Å². The first-order valence-corrected chi connectivity index (χ1v) is 5.96. The van der Waals surface area contributed by atoms with Crippen molar-refractivity contribution < 1.29 is 14.3 Å². The highest BCUT2D eigenvalue weighted by molar-refractivity contribution is 6.07. The van der Waals surface area contributed by atoms with E-state index in [1.54, 1.807) is 20.8 Å². The number of ether oxygens (including phenoxy) is 1. The molecule has 1 aliphatic heterocycles. The van der Waals surface area contributed by atoms with Crippen LogP contribution in [0.2, 0.25) is 0 Å². The van der Waals surface area contributed by atoms with E-state index in [4.69, 9.17) is 10.5 Å². The molecular formula is C12H22N2O3. The van der Waals surface area contributed by atoms with E-state index in [2.05, 4.69) is 5.32 Å². The predicted octanol–water partition coefficient (Wildman–Crippen LogP) is 0.572. The molecule has 0 aliphatic carbocycles. The zero-order valence-electron chi connectivity index (χ0n) is 11.0. The molecule has 17 heavy (non-hydrogen) atoms. The Bertz CT molecular complexity index is 322. The number of hydrogen-bond donors (Lipinski definition) is 2. The summed E-state index contributed by atoms with van der Waals surface area (Å²) in [6, 6.07) is 0. The van der Waals surface area contributed by atoms with Gasteiger partial charge >= 0.3 is 5.97 Å². The van der Waals surface area contributed by atoms with Gasteiger partial charge in [0.05, 0.1) is 0 Å². The topological polar surface area (TPSA) is 81.4 Å². The molecule has 1 heterocycles. The van der Waals surface area contributed by atoms with Gasteiger partial charge in [-0.3, -0.25) is 10.1 Å². The summed E-state index contributed by atoms with van der Waals surface area (Å²) in [5.74, 6) is -0.946. The van der Waals surface area contributed by atoms with Gasteiger partial charge in [0.1, 0.15) is 5.60 Å². The van der Waals surface area contributed by atoms with Gasteiger partial charge in [0.2, 0.25) is 5.91 Å². The Labute approximate surface area is 102 Å². The average Bonchev–Trinajstić information content (AvgIpc) is 2.14. The molecule has 0 bridgehead atoms. The fourth-order valence-corrected chi connectivity index (χ4v) is 2.04. The van der Waals surface area contributed by atoms with E-state index in [0.717, 1.165) is 6.42 Å². The molecule has 0 aromatic carbocycles. The van der Waals surface area contributed by atoms with E-state index in [-0.39, 0.29) is 5.92 Å². The van der Waals surface area contributed by atoms with Crippen molar-refractivity contribution in [1.29, 1.82) is 0 Å². The molecule has 5 nitrogen and oxygen atoms in total. The van der Waals surface area contributed by atoms with Crippen LogP contribution in [0.4, 0.5) is 0 Å². The van der Waals surface area contributed by atoms with Crippen LogP contribution in [0.25, 0.3) is 0 Å². The summed E-state index contributed by atoms with van der Waals surface area (Å²) < 4.78 is 5.29. The summed E-state index contributed by atoms with van der Waals surface area (Å²) >= 11 is 0. The minimum absolute atomic E-state index is 0.274. The third-order valence-corrected chi connectivity index (χ3v) is 2.89. The molecule has 0 saturated carbocycles. The Morgan fingerprint density at radius 1 is 1.41 bits per heavy atom. The number of carbonyl (C=O) groups excluding carboxylic acids is 2. The number of carbonyl (C=O) groups is 2. The van der Waals surface area contributed by atoms with E-state index in [9.17, 15) is 9.59 Å². The maximum absolute atomic E-state index is 12.1. The first-order valence-electron chi connectivity index (χ1n) is 5.96. The number of nitrogens with two attached hydrogens (primary N) is 1. The lowest BCUT2D eigenvalue weighted by atomic mass is 9.82. The minimum Gasteiger partial charge on any atom is -0.458 e. The van der Waals surface area contributed by atoms with Gasteiger partial charge in [0, 0.05) is 0 Å². The molecule has 1 aliphatic rings. The molecule has 0 spiro atoms. The number of amides is 1. The van der Waals surface area contributed by atoms with Gasteiger partial charge in [-0.15, -0.1) is 0 Å². The number of rotatable bonds is 2. The van der Waals surface area contributed by atoms with Crippen LogP contribution in [0.5, 0.6) is 0 Å². The van der Waals surface area contributed by atoms with Crippen LogP contribution in [0.1, 0.15) is 40.5 Å². The second kappa shape index (κ2) is 4.64. The zero-order chi connectivity index (χ0) is 13.3. The molecule has 0 aromatic heterocycles. The Morgan fingerprint density at radius 2 is 2.00 bits per heavy atom. The van der Waals surface area contributed by atoms with Gasteiger partial charge in [0.15, 0.2) is 5.54 Å². The normalized spacial score (nSPS) is 29.8. The highest BCUT2D eigenvalue weighted by atomic mass is 16.6. The summed E-state index contributed by atoms with van der Waals surface area (Å²) in [4.78, 5) is 23.7.